The molecule has 3 rings (SSSR count). The summed E-state index contributed by atoms with van der Waals surface area (Å²) in [6.45, 7) is 3.88. The topological polar surface area (TPSA) is 63.7 Å². The van der Waals surface area contributed by atoms with E-state index < -0.39 is 0 Å². The van der Waals surface area contributed by atoms with Crippen LogP contribution in [0.1, 0.15) is 41.6 Å². The molecule has 0 spiro atoms. The number of hydrogen-bond donors (Lipinski definition) is 1. The van der Waals surface area contributed by atoms with Gasteiger partial charge in [0.2, 0.25) is 0 Å². The Balaban J connectivity index is 1.72. The number of likely N-dealkylation sites (tertiary alicyclic amines) is 1. The number of aryl methyl sites for hydroxylation is 1. The van der Waals surface area contributed by atoms with E-state index in [0.29, 0.717) is 29.0 Å². The van der Waals surface area contributed by atoms with Crippen LogP contribution in [0.2, 0.25) is 0 Å². The fourth-order valence-corrected chi connectivity index (χ4v) is 4.70. The maximum atomic E-state index is 12.7. The molecule has 6 nitrogen and oxygen atoms in total. The zero-order valence-electron chi connectivity index (χ0n) is 17.1. The molecule has 0 saturated carbocycles. The van der Waals surface area contributed by atoms with Crippen LogP contribution in [-0.4, -0.2) is 56.2 Å². The first-order valence-corrected chi connectivity index (χ1v) is 10.6. The molecule has 1 aliphatic rings. The van der Waals surface area contributed by atoms with E-state index in [9.17, 15) is 4.79 Å². The van der Waals surface area contributed by atoms with Gasteiger partial charge in [-0.15, -0.1) is 11.3 Å². The standard InChI is InChI=1S/C21H29N3O3S/c1-5-16-19(20(25)22-11-10-15-7-6-12-24(15)2)28-21(23-16)14-8-9-17(26-3)18(13-14)27-4/h8-9,13,15H,5-7,10-12H2,1-4H3,(H,22,25). The molecule has 1 aliphatic heterocycles. The van der Waals surface area contributed by atoms with Gasteiger partial charge in [0.25, 0.3) is 5.91 Å². The van der Waals surface area contributed by atoms with Gasteiger partial charge >= 0.3 is 0 Å². The minimum Gasteiger partial charge on any atom is -0.493 e. The molecule has 1 N–H and O–H groups in total. The number of hydrogen-bond acceptors (Lipinski definition) is 6. The van der Waals surface area contributed by atoms with Crippen molar-refractivity contribution in [3.05, 3.63) is 28.8 Å². The van der Waals surface area contributed by atoms with Crippen molar-refractivity contribution in [2.24, 2.45) is 0 Å². The predicted octanol–water partition coefficient (Wildman–Crippen LogP) is 3.60. The van der Waals surface area contributed by atoms with Crippen molar-refractivity contribution < 1.29 is 14.3 Å². The number of carbonyl (C=O) groups excluding carboxylic acids is 1. The van der Waals surface area contributed by atoms with Crippen molar-refractivity contribution in [3.8, 4) is 22.1 Å². The summed E-state index contributed by atoms with van der Waals surface area (Å²) in [6.07, 6.45) is 4.18. The molecule has 1 amide bonds. The molecular formula is C21H29N3O3S. The fourth-order valence-electron chi connectivity index (χ4n) is 3.64. The molecule has 2 aromatic rings. The third-order valence-corrected chi connectivity index (χ3v) is 6.45. The number of ether oxygens (including phenoxy) is 2. The Labute approximate surface area is 170 Å². The third-order valence-electron chi connectivity index (χ3n) is 5.30. The number of rotatable bonds is 8. The molecule has 0 aliphatic carbocycles. The molecule has 2 heterocycles. The summed E-state index contributed by atoms with van der Waals surface area (Å²) in [5.41, 5.74) is 1.76. The van der Waals surface area contributed by atoms with Crippen LogP contribution in [0.25, 0.3) is 10.6 Å². The zero-order valence-corrected chi connectivity index (χ0v) is 17.9. The molecule has 1 saturated heterocycles. The molecule has 1 fully saturated rings. The van der Waals surface area contributed by atoms with E-state index >= 15 is 0 Å². The maximum Gasteiger partial charge on any atom is 0.263 e. The van der Waals surface area contributed by atoms with Gasteiger partial charge < -0.3 is 19.7 Å². The van der Waals surface area contributed by atoms with Gasteiger partial charge in [0, 0.05) is 18.2 Å². The van der Waals surface area contributed by atoms with Gasteiger partial charge in [-0.05, 0) is 57.5 Å². The van der Waals surface area contributed by atoms with Gasteiger partial charge in [0.1, 0.15) is 9.88 Å². The van der Waals surface area contributed by atoms with E-state index in [4.69, 9.17) is 14.5 Å². The highest BCUT2D eigenvalue weighted by Gasteiger charge is 2.22. The van der Waals surface area contributed by atoms with Gasteiger partial charge in [-0.3, -0.25) is 4.79 Å². The first-order chi connectivity index (χ1) is 13.6. The van der Waals surface area contributed by atoms with Crippen molar-refractivity contribution in [2.75, 3.05) is 34.4 Å². The van der Waals surface area contributed by atoms with Crippen LogP contribution in [0.3, 0.4) is 0 Å². The van der Waals surface area contributed by atoms with E-state index in [1.165, 1.54) is 24.2 Å². The summed E-state index contributed by atoms with van der Waals surface area (Å²) >= 11 is 1.43. The van der Waals surface area contributed by atoms with Crippen molar-refractivity contribution in [1.82, 2.24) is 15.2 Å². The number of aromatic nitrogens is 1. The van der Waals surface area contributed by atoms with E-state index in [-0.39, 0.29) is 5.91 Å². The normalized spacial score (nSPS) is 16.9. The van der Waals surface area contributed by atoms with Crippen LogP contribution in [0.4, 0.5) is 0 Å². The summed E-state index contributed by atoms with van der Waals surface area (Å²) in [5.74, 6) is 1.30. The third kappa shape index (κ3) is 4.47. The second-order valence-corrected chi connectivity index (χ2v) is 8.04. The van der Waals surface area contributed by atoms with E-state index in [1.54, 1.807) is 14.2 Å². The van der Waals surface area contributed by atoms with E-state index in [1.807, 2.05) is 25.1 Å². The second kappa shape index (κ2) is 9.39. The zero-order chi connectivity index (χ0) is 20.1. The van der Waals surface area contributed by atoms with Crippen molar-refractivity contribution in [2.45, 2.75) is 38.6 Å². The Hall–Kier alpha value is -2.12. The van der Waals surface area contributed by atoms with Crippen molar-refractivity contribution in [3.63, 3.8) is 0 Å². The molecular weight excluding hydrogens is 374 g/mol. The molecule has 1 atom stereocenters. The highest BCUT2D eigenvalue weighted by atomic mass is 32.1. The summed E-state index contributed by atoms with van der Waals surface area (Å²) in [7, 11) is 5.39. The highest BCUT2D eigenvalue weighted by molar-refractivity contribution is 7.17. The molecule has 1 aromatic heterocycles. The van der Waals surface area contributed by atoms with E-state index in [0.717, 1.165) is 35.7 Å². The van der Waals surface area contributed by atoms with Crippen LogP contribution < -0.4 is 14.8 Å². The fraction of sp³-hybridized carbons (Fsp3) is 0.524. The lowest BCUT2D eigenvalue weighted by atomic mass is 10.1. The smallest absolute Gasteiger partial charge is 0.263 e. The van der Waals surface area contributed by atoms with E-state index in [2.05, 4.69) is 17.3 Å². The molecule has 0 bridgehead atoms. The SMILES string of the molecule is CCc1nc(-c2ccc(OC)c(OC)c2)sc1C(=O)NCCC1CCCN1C. The number of thiazole rings is 1. The monoisotopic (exact) mass is 403 g/mol. The van der Waals surface area contributed by atoms with Crippen molar-refractivity contribution >= 4 is 17.2 Å². The molecule has 7 heteroatoms. The lowest BCUT2D eigenvalue weighted by Gasteiger charge is -2.19. The highest BCUT2D eigenvalue weighted by Crippen LogP contribution is 2.35. The first-order valence-electron chi connectivity index (χ1n) is 9.77. The Morgan fingerprint density at radius 3 is 2.75 bits per heavy atom. The van der Waals surface area contributed by atoms with Gasteiger partial charge in [0.05, 0.1) is 19.9 Å². The number of methoxy groups -OCH3 is 2. The van der Waals surface area contributed by atoms with Gasteiger partial charge in [-0.25, -0.2) is 4.98 Å². The van der Waals surface area contributed by atoms with Crippen LogP contribution in [0.5, 0.6) is 11.5 Å². The number of nitrogens with zero attached hydrogens (tertiary/aromatic N) is 2. The Bertz CT molecular complexity index is 821. The number of amides is 1. The second-order valence-electron chi connectivity index (χ2n) is 7.04. The van der Waals surface area contributed by atoms with Crippen LogP contribution >= 0.6 is 11.3 Å². The predicted molar refractivity (Wildman–Crippen MR) is 113 cm³/mol. The number of carbonyl (C=O) groups is 1. The molecule has 152 valence electrons. The minimum atomic E-state index is -0.0262. The largest absolute Gasteiger partial charge is 0.493 e. The molecule has 28 heavy (non-hydrogen) atoms. The van der Waals surface area contributed by atoms with Gasteiger partial charge in [-0.1, -0.05) is 6.92 Å². The van der Waals surface area contributed by atoms with Crippen LogP contribution in [0, 0.1) is 0 Å². The lowest BCUT2D eigenvalue weighted by Crippen LogP contribution is -2.31. The minimum absolute atomic E-state index is 0.0262. The van der Waals surface area contributed by atoms with Gasteiger partial charge in [-0.2, -0.15) is 0 Å². The summed E-state index contributed by atoms with van der Waals surface area (Å²) in [6, 6.07) is 6.28. The average Bonchev–Trinajstić information content (AvgIpc) is 3.33. The number of benzene rings is 1. The van der Waals surface area contributed by atoms with Gasteiger partial charge in [0.15, 0.2) is 11.5 Å². The summed E-state index contributed by atoms with van der Waals surface area (Å²) in [5, 5.41) is 3.90. The molecule has 1 aromatic carbocycles. The van der Waals surface area contributed by atoms with Crippen LogP contribution in [0.15, 0.2) is 18.2 Å². The lowest BCUT2D eigenvalue weighted by molar-refractivity contribution is 0.0953. The molecule has 0 radical (unpaired) electrons. The average molecular weight is 404 g/mol. The Morgan fingerprint density at radius 1 is 1.32 bits per heavy atom. The quantitative estimate of drug-likeness (QED) is 0.730. The Morgan fingerprint density at radius 2 is 2.11 bits per heavy atom. The van der Waals surface area contributed by atoms with Crippen LogP contribution in [-0.2, 0) is 6.42 Å². The first kappa shape index (κ1) is 20.6. The van der Waals surface area contributed by atoms with Crippen molar-refractivity contribution in [1.29, 1.82) is 0 Å². The maximum absolute atomic E-state index is 12.7. The Kier molecular flexibility index (Phi) is 6.91. The summed E-state index contributed by atoms with van der Waals surface area (Å²) < 4.78 is 10.7. The summed E-state index contributed by atoms with van der Waals surface area (Å²) in [4.78, 5) is 20.5. The number of nitrogens with one attached hydrogen (secondary N) is 1. The molecule has 1 unspecified atom stereocenters.